The fraction of sp³-hybridized carbons (Fsp3) is 0.455. The van der Waals surface area contributed by atoms with Crippen LogP contribution in [0.4, 0.5) is 0 Å². The van der Waals surface area contributed by atoms with E-state index < -0.39 is 18.2 Å². The molecule has 15 heavy (non-hydrogen) atoms. The Morgan fingerprint density at radius 1 is 1.07 bits per heavy atom. The molecule has 1 aromatic carbocycles. The highest BCUT2D eigenvalue weighted by Crippen LogP contribution is 2.27. The number of aliphatic hydroxyl groups is 3. The SMILES string of the molecule is OC[C@H]1N[C@@H](c2ccccc2)[C@H](O)[C@@H]1O. The van der Waals surface area contributed by atoms with Crippen LogP contribution in [-0.2, 0) is 0 Å². The van der Waals surface area contributed by atoms with E-state index in [-0.39, 0.29) is 12.6 Å². The molecule has 1 fully saturated rings. The molecule has 1 aliphatic heterocycles. The highest BCUT2D eigenvalue weighted by Gasteiger charge is 2.40. The molecular weight excluding hydrogens is 194 g/mol. The van der Waals surface area contributed by atoms with Gasteiger partial charge >= 0.3 is 0 Å². The zero-order valence-electron chi connectivity index (χ0n) is 8.24. The Hall–Kier alpha value is -0.940. The van der Waals surface area contributed by atoms with Crippen molar-refractivity contribution in [3.05, 3.63) is 35.9 Å². The summed E-state index contributed by atoms with van der Waals surface area (Å²) < 4.78 is 0. The van der Waals surface area contributed by atoms with Gasteiger partial charge in [-0.1, -0.05) is 30.3 Å². The van der Waals surface area contributed by atoms with Gasteiger partial charge in [-0.25, -0.2) is 0 Å². The van der Waals surface area contributed by atoms with Crippen LogP contribution in [-0.4, -0.2) is 40.2 Å². The van der Waals surface area contributed by atoms with Crippen molar-refractivity contribution in [1.82, 2.24) is 5.32 Å². The van der Waals surface area contributed by atoms with Crippen LogP contribution in [0.2, 0.25) is 0 Å². The van der Waals surface area contributed by atoms with Gasteiger partial charge in [-0.2, -0.15) is 0 Å². The van der Waals surface area contributed by atoms with Crippen molar-refractivity contribution in [2.24, 2.45) is 0 Å². The van der Waals surface area contributed by atoms with E-state index >= 15 is 0 Å². The lowest BCUT2D eigenvalue weighted by Crippen LogP contribution is -2.35. The third kappa shape index (κ3) is 1.89. The minimum absolute atomic E-state index is 0.179. The number of aliphatic hydroxyl groups excluding tert-OH is 3. The van der Waals surface area contributed by atoms with Crippen molar-refractivity contribution < 1.29 is 15.3 Å². The van der Waals surface area contributed by atoms with E-state index in [1.807, 2.05) is 30.3 Å². The van der Waals surface area contributed by atoms with Gasteiger partial charge in [0.1, 0.15) is 6.10 Å². The monoisotopic (exact) mass is 209 g/mol. The largest absolute Gasteiger partial charge is 0.395 e. The van der Waals surface area contributed by atoms with Crippen LogP contribution in [0.25, 0.3) is 0 Å². The first-order chi connectivity index (χ1) is 7.24. The first-order valence-corrected chi connectivity index (χ1v) is 5.02. The lowest BCUT2D eigenvalue weighted by Gasteiger charge is -2.15. The van der Waals surface area contributed by atoms with Crippen LogP contribution < -0.4 is 5.32 Å². The fourth-order valence-corrected chi connectivity index (χ4v) is 1.98. The van der Waals surface area contributed by atoms with E-state index in [2.05, 4.69) is 5.32 Å². The molecule has 0 saturated carbocycles. The Bertz CT molecular complexity index is 317. The molecule has 1 aromatic rings. The normalized spacial score (nSPS) is 35.7. The zero-order chi connectivity index (χ0) is 10.8. The second-order valence-electron chi connectivity index (χ2n) is 3.83. The summed E-state index contributed by atoms with van der Waals surface area (Å²) in [6, 6.07) is 8.65. The summed E-state index contributed by atoms with van der Waals surface area (Å²) in [5, 5.41) is 31.4. The predicted octanol–water partition coefficient (Wildman–Crippen LogP) is -0.586. The summed E-state index contributed by atoms with van der Waals surface area (Å²) in [5.41, 5.74) is 0.917. The first kappa shape index (κ1) is 10.6. The highest BCUT2D eigenvalue weighted by molar-refractivity contribution is 5.23. The standard InChI is InChI=1S/C11H15NO3/c13-6-8-10(14)11(15)9(12-8)7-4-2-1-3-5-7/h1-5,8-15H,6H2/t8-,9+,10-,11+/m1/s1. The molecular formula is C11H15NO3. The average Bonchev–Trinajstić information content (AvgIpc) is 2.57. The van der Waals surface area contributed by atoms with E-state index in [0.29, 0.717) is 0 Å². The van der Waals surface area contributed by atoms with E-state index in [1.54, 1.807) is 0 Å². The third-order valence-corrected chi connectivity index (χ3v) is 2.85. The maximum atomic E-state index is 9.79. The van der Waals surface area contributed by atoms with Crippen molar-refractivity contribution in [2.75, 3.05) is 6.61 Å². The summed E-state index contributed by atoms with van der Waals surface area (Å²) in [6.07, 6.45) is -1.79. The summed E-state index contributed by atoms with van der Waals surface area (Å²) in [5.74, 6) is 0. The molecule has 82 valence electrons. The molecule has 0 unspecified atom stereocenters. The predicted molar refractivity (Wildman–Crippen MR) is 55.2 cm³/mol. The fourth-order valence-electron chi connectivity index (χ4n) is 1.98. The van der Waals surface area contributed by atoms with Gasteiger partial charge in [-0.05, 0) is 5.56 Å². The van der Waals surface area contributed by atoms with Gasteiger partial charge < -0.3 is 20.6 Å². The van der Waals surface area contributed by atoms with Crippen LogP contribution in [0.1, 0.15) is 11.6 Å². The molecule has 1 heterocycles. The molecule has 0 amide bonds. The lowest BCUT2D eigenvalue weighted by molar-refractivity contribution is 0.0194. The zero-order valence-corrected chi connectivity index (χ0v) is 8.24. The van der Waals surface area contributed by atoms with Gasteiger partial charge in [0.15, 0.2) is 0 Å². The number of nitrogens with one attached hydrogen (secondary N) is 1. The molecule has 1 aliphatic rings. The molecule has 4 atom stereocenters. The number of hydrogen-bond donors (Lipinski definition) is 4. The van der Waals surface area contributed by atoms with Crippen LogP contribution >= 0.6 is 0 Å². The quantitative estimate of drug-likeness (QED) is 0.525. The summed E-state index contributed by atoms with van der Waals surface area (Å²) >= 11 is 0. The number of benzene rings is 1. The molecule has 4 nitrogen and oxygen atoms in total. The molecule has 0 radical (unpaired) electrons. The van der Waals surface area contributed by atoms with Crippen LogP contribution in [0, 0.1) is 0 Å². The summed E-state index contributed by atoms with van der Waals surface area (Å²) in [7, 11) is 0. The molecule has 2 rings (SSSR count). The number of hydrogen-bond acceptors (Lipinski definition) is 4. The van der Waals surface area contributed by atoms with Gasteiger partial charge in [0, 0.05) is 0 Å². The molecule has 0 aliphatic carbocycles. The van der Waals surface area contributed by atoms with Gasteiger partial charge in [0.2, 0.25) is 0 Å². The smallest absolute Gasteiger partial charge is 0.101 e. The van der Waals surface area contributed by atoms with Crippen molar-refractivity contribution in [3.63, 3.8) is 0 Å². The topological polar surface area (TPSA) is 72.7 Å². The Balaban J connectivity index is 2.19. The highest BCUT2D eigenvalue weighted by atomic mass is 16.3. The lowest BCUT2D eigenvalue weighted by atomic mass is 10.0. The van der Waals surface area contributed by atoms with E-state index in [9.17, 15) is 10.2 Å². The van der Waals surface area contributed by atoms with Crippen molar-refractivity contribution in [1.29, 1.82) is 0 Å². The van der Waals surface area contributed by atoms with Crippen LogP contribution in [0.15, 0.2) is 30.3 Å². The van der Waals surface area contributed by atoms with Crippen molar-refractivity contribution in [3.8, 4) is 0 Å². The molecule has 0 spiro atoms. The Morgan fingerprint density at radius 2 is 1.73 bits per heavy atom. The van der Waals surface area contributed by atoms with Crippen LogP contribution in [0.3, 0.4) is 0 Å². The molecule has 1 saturated heterocycles. The Labute approximate surface area is 88.2 Å². The minimum Gasteiger partial charge on any atom is -0.395 e. The van der Waals surface area contributed by atoms with Gasteiger partial charge in [0.05, 0.1) is 24.8 Å². The maximum absolute atomic E-state index is 9.79. The van der Waals surface area contributed by atoms with Crippen molar-refractivity contribution in [2.45, 2.75) is 24.3 Å². The van der Waals surface area contributed by atoms with Crippen molar-refractivity contribution >= 4 is 0 Å². The average molecular weight is 209 g/mol. The van der Waals surface area contributed by atoms with E-state index in [0.717, 1.165) is 5.56 Å². The van der Waals surface area contributed by atoms with Gasteiger partial charge in [-0.15, -0.1) is 0 Å². The second-order valence-corrected chi connectivity index (χ2v) is 3.83. The number of rotatable bonds is 2. The van der Waals surface area contributed by atoms with E-state index in [1.165, 1.54) is 0 Å². The minimum atomic E-state index is -0.916. The molecule has 0 bridgehead atoms. The Kier molecular flexibility index (Phi) is 3.02. The molecule has 4 N–H and O–H groups in total. The van der Waals surface area contributed by atoms with Gasteiger partial charge in [-0.3, -0.25) is 0 Å². The molecule has 0 aromatic heterocycles. The van der Waals surface area contributed by atoms with Gasteiger partial charge in [0.25, 0.3) is 0 Å². The summed E-state index contributed by atoms with van der Waals surface area (Å²) in [4.78, 5) is 0. The maximum Gasteiger partial charge on any atom is 0.101 e. The van der Waals surface area contributed by atoms with Crippen LogP contribution in [0.5, 0.6) is 0 Å². The second kappa shape index (κ2) is 4.28. The third-order valence-electron chi connectivity index (χ3n) is 2.85. The summed E-state index contributed by atoms with van der Waals surface area (Å²) in [6.45, 7) is -0.179. The first-order valence-electron chi connectivity index (χ1n) is 5.02. The Morgan fingerprint density at radius 3 is 2.27 bits per heavy atom. The van der Waals surface area contributed by atoms with E-state index in [4.69, 9.17) is 5.11 Å². The molecule has 4 heteroatoms.